The average Bonchev–Trinajstić information content (AvgIpc) is 2.71. The van der Waals surface area contributed by atoms with E-state index >= 15 is 0 Å². The highest BCUT2D eigenvalue weighted by atomic mass is 16.6. The van der Waals surface area contributed by atoms with Gasteiger partial charge in [-0.3, -0.25) is 14.9 Å². The van der Waals surface area contributed by atoms with Crippen LogP contribution in [-0.4, -0.2) is 30.5 Å². The SMILES string of the molecule is COc1ccc(NC(=O)/C(C#N)=C/c2ccc(OCC(=O)[O-])cc2)c([N+](=O)[O-])c1. The normalized spacial score (nSPS) is 10.6. The van der Waals surface area contributed by atoms with Gasteiger partial charge in [-0.25, -0.2) is 0 Å². The lowest BCUT2D eigenvalue weighted by Gasteiger charge is -2.08. The van der Waals surface area contributed by atoms with Crippen molar-refractivity contribution in [1.29, 1.82) is 5.26 Å². The summed E-state index contributed by atoms with van der Waals surface area (Å²) in [5.41, 5.74) is -0.308. The zero-order chi connectivity index (χ0) is 21.4. The molecule has 10 heteroatoms. The maximum atomic E-state index is 12.4. The molecule has 0 saturated heterocycles. The molecule has 148 valence electrons. The molecule has 0 radical (unpaired) electrons. The van der Waals surface area contributed by atoms with Crippen LogP contribution in [0.15, 0.2) is 48.0 Å². The Morgan fingerprint density at radius 3 is 2.41 bits per heavy atom. The van der Waals surface area contributed by atoms with E-state index in [4.69, 9.17) is 9.47 Å². The Bertz CT molecular complexity index is 1010. The minimum absolute atomic E-state index is 0.0898. The topological polar surface area (TPSA) is 155 Å². The smallest absolute Gasteiger partial charge is 0.296 e. The van der Waals surface area contributed by atoms with Gasteiger partial charge in [0, 0.05) is 0 Å². The molecule has 10 nitrogen and oxygen atoms in total. The van der Waals surface area contributed by atoms with Crippen LogP contribution in [0.5, 0.6) is 11.5 Å². The van der Waals surface area contributed by atoms with Crippen LogP contribution in [0, 0.1) is 21.4 Å². The van der Waals surface area contributed by atoms with E-state index in [9.17, 15) is 30.1 Å². The van der Waals surface area contributed by atoms with E-state index in [0.717, 1.165) is 6.07 Å². The van der Waals surface area contributed by atoms with E-state index in [2.05, 4.69) is 5.32 Å². The maximum absolute atomic E-state index is 12.4. The summed E-state index contributed by atoms with van der Waals surface area (Å²) >= 11 is 0. The molecule has 0 heterocycles. The van der Waals surface area contributed by atoms with Crippen molar-refractivity contribution in [1.82, 2.24) is 0 Å². The van der Waals surface area contributed by atoms with Crippen LogP contribution in [0.4, 0.5) is 11.4 Å². The maximum Gasteiger partial charge on any atom is 0.296 e. The number of nitrogens with one attached hydrogen (secondary N) is 1. The van der Waals surface area contributed by atoms with E-state index in [1.807, 2.05) is 0 Å². The molecular formula is C19H14N3O7-. The Balaban J connectivity index is 2.20. The number of nitriles is 1. The van der Waals surface area contributed by atoms with E-state index in [-0.39, 0.29) is 28.4 Å². The monoisotopic (exact) mass is 396 g/mol. The largest absolute Gasteiger partial charge is 0.546 e. The number of ether oxygens (including phenoxy) is 2. The Hall–Kier alpha value is -4.39. The number of carbonyl (C=O) groups is 2. The second-order valence-electron chi connectivity index (χ2n) is 5.49. The number of carboxylic acid groups (broad SMARTS) is 1. The number of carbonyl (C=O) groups excluding carboxylic acids is 2. The molecule has 0 aromatic heterocycles. The third kappa shape index (κ3) is 5.80. The molecule has 0 fully saturated rings. The zero-order valence-electron chi connectivity index (χ0n) is 15.1. The summed E-state index contributed by atoms with van der Waals surface area (Å²) in [6.07, 6.45) is 1.27. The van der Waals surface area contributed by atoms with Gasteiger partial charge in [0.15, 0.2) is 0 Å². The lowest BCUT2D eigenvalue weighted by Crippen LogP contribution is -2.28. The van der Waals surface area contributed by atoms with Gasteiger partial charge in [-0.05, 0) is 35.9 Å². The molecule has 1 N–H and O–H groups in total. The zero-order valence-corrected chi connectivity index (χ0v) is 15.1. The van der Waals surface area contributed by atoms with Crippen LogP contribution in [0.25, 0.3) is 6.08 Å². The van der Waals surface area contributed by atoms with Gasteiger partial charge in [0.2, 0.25) is 0 Å². The molecule has 0 aliphatic carbocycles. The van der Waals surface area contributed by atoms with Crippen molar-refractivity contribution < 1.29 is 29.1 Å². The third-order valence-electron chi connectivity index (χ3n) is 3.56. The Morgan fingerprint density at radius 2 is 1.86 bits per heavy atom. The molecule has 0 aliphatic rings. The number of rotatable bonds is 8. The van der Waals surface area contributed by atoms with E-state index in [1.165, 1.54) is 49.6 Å². The molecule has 0 atom stereocenters. The molecule has 0 unspecified atom stereocenters. The number of anilines is 1. The van der Waals surface area contributed by atoms with E-state index < -0.39 is 23.4 Å². The first-order valence-electron chi connectivity index (χ1n) is 8.02. The van der Waals surface area contributed by atoms with Gasteiger partial charge < -0.3 is 24.7 Å². The number of nitro benzene ring substituents is 1. The van der Waals surface area contributed by atoms with Gasteiger partial charge in [0.05, 0.1) is 24.1 Å². The number of nitrogens with zero attached hydrogens (tertiary/aromatic N) is 2. The molecular weight excluding hydrogens is 382 g/mol. The highest BCUT2D eigenvalue weighted by Gasteiger charge is 2.19. The number of methoxy groups -OCH3 is 1. The summed E-state index contributed by atoms with van der Waals surface area (Å²) in [7, 11) is 1.35. The number of hydrogen-bond donors (Lipinski definition) is 1. The van der Waals surface area contributed by atoms with Crippen molar-refractivity contribution in [2.75, 3.05) is 19.0 Å². The van der Waals surface area contributed by atoms with Crippen LogP contribution in [0.3, 0.4) is 0 Å². The number of nitro groups is 1. The van der Waals surface area contributed by atoms with Crippen molar-refractivity contribution in [2.24, 2.45) is 0 Å². The average molecular weight is 396 g/mol. The Kier molecular flexibility index (Phi) is 6.86. The van der Waals surface area contributed by atoms with Crippen molar-refractivity contribution >= 4 is 29.3 Å². The highest BCUT2D eigenvalue weighted by Crippen LogP contribution is 2.29. The van der Waals surface area contributed by atoms with E-state index in [0.29, 0.717) is 5.56 Å². The van der Waals surface area contributed by atoms with Gasteiger partial charge in [-0.2, -0.15) is 5.26 Å². The minimum Gasteiger partial charge on any atom is -0.546 e. The summed E-state index contributed by atoms with van der Waals surface area (Å²) in [6, 6.07) is 11.5. The van der Waals surface area contributed by atoms with Crippen LogP contribution in [0.1, 0.15) is 5.56 Å². The molecule has 0 bridgehead atoms. The Labute approximate surface area is 164 Å². The summed E-state index contributed by atoms with van der Waals surface area (Å²) < 4.78 is 9.86. The summed E-state index contributed by atoms with van der Waals surface area (Å²) in [5.74, 6) is -1.70. The lowest BCUT2D eigenvalue weighted by atomic mass is 10.1. The predicted molar refractivity (Wildman–Crippen MR) is 98.8 cm³/mol. The van der Waals surface area contributed by atoms with Crippen LogP contribution >= 0.6 is 0 Å². The van der Waals surface area contributed by atoms with Crippen molar-refractivity contribution in [3.63, 3.8) is 0 Å². The second-order valence-corrected chi connectivity index (χ2v) is 5.49. The van der Waals surface area contributed by atoms with Gasteiger partial charge in [-0.15, -0.1) is 0 Å². The van der Waals surface area contributed by atoms with Gasteiger partial charge in [0.25, 0.3) is 11.6 Å². The highest BCUT2D eigenvalue weighted by molar-refractivity contribution is 6.10. The minimum atomic E-state index is -1.37. The molecule has 29 heavy (non-hydrogen) atoms. The number of aliphatic carboxylic acids is 1. The summed E-state index contributed by atoms with van der Waals surface area (Å²) in [5, 5.41) is 33.2. The Morgan fingerprint density at radius 1 is 1.21 bits per heavy atom. The van der Waals surface area contributed by atoms with Crippen LogP contribution in [0.2, 0.25) is 0 Å². The van der Waals surface area contributed by atoms with Gasteiger partial charge in [-0.1, -0.05) is 12.1 Å². The number of amides is 1. The standard InChI is InChI=1S/C19H15N3O7/c1-28-15-6-7-16(17(9-15)22(26)27)21-19(25)13(10-20)8-12-2-4-14(5-3-12)29-11-18(23)24/h2-9H,11H2,1H3,(H,21,25)(H,23,24)/p-1/b13-8+. The van der Waals surface area contributed by atoms with Gasteiger partial charge >= 0.3 is 0 Å². The molecule has 0 spiro atoms. The van der Waals surface area contributed by atoms with Crippen LogP contribution < -0.4 is 19.9 Å². The molecule has 2 aromatic carbocycles. The van der Waals surface area contributed by atoms with Gasteiger partial charge in [0.1, 0.15) is 35.4 Å². The first-order valence-corrected chi connectivity index (χ1v) is 8.02. The fourth-order valence-corrected chi connectivity index (χ4v) is 2.20. The van der Waals surface area contributed by atoms with Crippen molar-refractivity contribution in [3.8, 4) is 17.6 Å². The first-order chi connectivity index (χ1) is 13.8. The second kappa shape index (κ2) is 9.52. The van der Waals surface area contributed by atoms with Crippen LogP contribution in [-0.2, 0) is 9.59 Å². The fourth-order valence-electron chi connectivity index (χ4n) is 2.20. The van der Waals surface area contributed by atoms with Crippen molar-refractivity contribution in [3.05, 3.63) is 63.7 Å². The molecule has 0 aliphatic heterocycles. The number of hydrogen-bond acceptors (Lipinski definition) is 8. The third-order valence-corrected chi connectivity index (χ3v) is 3.56. The first kappa shape index (κ1) is 20.9. The predicted octanol–water partition coefficient (Wildman–Crippen LogP) is 1.28. The molecule has 2 rings (SSSR count). The van der Waals surface area contributed by atoms with E-state index in [1.54, 1.807) is 6.07 Å². The lowest BCUT2D eigenvalue weighted by molar-refractivity contribution is -0.384. The fraction of sp³-hybridized carbons (Fsp3) is 0.105. The number of carboxylic acids is 1. The van der Waals surface area contributed by atoms with Crippen molar-refractivity contribution in [2.45, 2.75) is 0 Å². The molecule has 0 saturated carbocycles. The molecule has 2 aromatic rings. The molecule has 1 amide bonds. The summed E-state index contributed by atoms with van der Waals surface area (Å²) in [4.78, 5) is 33.3. The number of benzene rings is 2. The quantitative estimate of drug-likeness (QED) is 0.303. The summed E-state index contributed by atoms with van der Waals surface area (Å²) in [6.45, 7) is -0.609.